The number of tetrazole rings is 1. The first-order valence-electron chi connectivity index (χ1n) is 7.33. The van der Waals surface area contributed by atoms with Gasteiger partial charge in [-0.3, -0.25) is 9.69 Å². The van der Waals surface area contributed by atoms with E-state index in [4.69, 9.17) is 4.74 Å². The lowest BCUT2D eigenvalue weighted by molar-refractivity contribution is -0.146. The van der Waals surface area contributed by atoms with Crippen LogP contribution in [0.4, 0.5) is 0 Å². The van der Waals surface area contributed by atoms with Gasteiger partial charge in [0.15, 0.2) is 22.3 Å². The summed E-state index contributed by atoms with van der Waals surface area (Å²) < 4.78 is 29.4. The number of esters is 1. The van der Waals surface area contributed by atoms with Crippen molar-refractivity contribution < 1.29 is 17.9 Å². The zero-order valence-electron chi connectivity index (χ0n) is 12.6. The topological polar surface area (TPSA) is 107 Å². The minimum atomic E-state index is -2.94. The van der Waals surface area contributed by atoms with Gasteiger partial charge in [0.25, 0.3) is 0 Å². The Bertz CT molecular complexity index is 586. The molecule has 0 atom stereocenters. The highest BCUT2D eigenvalue weighted by atomic mass is 32.2. The molecule has 0 aliphatic carbocycles. The highest BCUT2D eigenvalue weighted by Gasteiger charge is 2.23. The zero-order valence-corrected chi connectivity index (χ0v) is 13.5. The molecule has 1 aliphatic rings. The van der Waals surface area contributed by atoms with E-state index in [0.717, 1.165) is 12.8 Å². The van der Waals surface area contributed by atoms with Gasteiger partial charge in [-0.15, -0.1) is 5.10 Å². The number of carbonyl (C=O) groups excluding carboxylic acids is 1. The summed E-state index contributed by atoms with van der Waals surface area (Å²) in [5, 5.41) is 11.3. The number of unbranched alkanes of at least 4 members (excludes halogenated alkanes) is 1. The van der Waals surface area contributed by atoms with Crippen LogP contribution in [0.15, 0.2) is 0 Å². The second-order valence-corrected chi connectivity index (χ2v) is 7.56. The van der Waals surface area contributed by atoms with E-state index in [1.54, 1.807) is 9.58 Å². The van der Waals surface area contributed by atoms with Crippen LogP contribution in [0.1, 0.15) is 25.6 Å². The van der Waals surface area contributed by atoms with Crippen molar-refractivity contribution in [3.8, 4) is 0 Å². The molecule has 2 heterocycles. The first-order chi connectivity index (χ1) is 10.5. The molecule has 0 spiro atoms. The average molecular weight is 331 g/mol. The molecule has 0 radical (unpaired) electrons. The van der Waals surface area contributed by atoms with Crippen LogP contribution in [0.2, 0.25) is 0 Å². The number of sulfone groups is 1. The van der Waals surface area contributed by atoms with Gasteiger partial charge in [-0.25, -0.2) is 13.1 Å². The molecule has 1 aromatic heterocycles. The lowest BCUT2D eigenvalue weighted by Gasteiger charge is -2.25. The Morgan fingerprint density at radius 1 is 1.32 bits per heavy atom. The second kappa shape index (κ2) is 7.63. The van der Waals surface area contributed by atoms with Crippen molar-refractivity contribution in [2.75, 3.05) is 31.1 Å². The Hall–Kier alpha value is -1.55. The smallest absolute Gasteiger partial charge is 0.320 e. The monoisotopic (exact) mass is 331 g/mol. The van der Waals surface area contributed by atoms with Crippen LogP contribution in [0, 0.1) is 0 Å². The van der Waals surface area contributed by atoms with E-state index < -0.39 is 15.8 Å². The van der Waals surface area contributed by atoms with Crippen molar-refractivity contribution in [2.24, 2.45) is 0 Å². The van der Waals surface area contributed by atoms with Gasteiger partial charge in [0.2, 0.25) is 0 Å². The van der Waals surface area contributed by atoms with E-state index in [0.29, 0.717) is 25.5 Å². The SMILES string of the molecule is CCCCn1nnnc1COC(=O)CN1CCS(=O)(=O)CC1. The quantitative estimate of drug-likeness (QED) is 0.601. The molecule has 0 aromatic carbocycles. The molecule has 1 aromatic rings. The average Bonchev–Trinajstić information content (AvgIpc) is 2.92. The van der Waals surface area contributed by atoms with E-state index in [2.05, 4.69) is 22.4 Å². The Labute approximate surface area is 129 Å². The zero-order chi connectivity index (χ0) is 16.0. The van der Waals surface area contributed by atoms with Gasteiger partial charge in [-0.1, -0.05) is 13.3 Å². The molecule has 0 amide bonds. The largest absolute Gasteiger partial charge is 0.456 e. The summed E-state index contributed by atoms with van der Waals surface area (Å²) >= 11 is 0. The van der Waals surface area contributed by atoms with Gasteiger partial charge in [-0.05, 0) is 16.8 Å². The molecule has 9 nitrogen and oxygen atoms in total. The van der Waals surface area contributed by atoms with E-state index >= 15 is 0 Å². The van der Waals surface area contributed by atoms with E-state index in [1.807, 2.05) is 0 Å². The van der Waals surface area contributed by atoms with Crippen molar-refractivity contribution in [1.29, 1.82) is 0 Å². The number of carbonyl (C=O) groups is 1. The highest BCUT2D eigenvalue weighted by molar-refractivity contribution is 7.91. The minimum absolute atomic E-state index is 0.0295. The molecule has 1 aliphatic heterocycles. The van der Waals surface area contributed by atoms with Crippen LogP contribution in [0.5, 0.6) is 0 Å². The Morgan fingerprint density at radius 2 is 2.05 bits per heavy atom. The molecule has 10 heteroatoms. The van der Waals surface area contributed by atoms with Crippen LogP contribution in [-0.4, -0.2) is 70.6 Å². The van der Waals surface area contributed by atoms with Crippen molar-refractivity contribution >= 4 is 15.8 Å². The van der Waals surface area contributed by atoms with Crippen LogP contribution < -0.4 is 0 Å². The summed E-state index contributed by atoms with van der Waals surface area (Å²) in [6.45, 7) is 3.62. The standard InChI is InChI=1S/C12H21N5O4S/c1-2-3-4-17-11(13-14-15-17)10-21-12(18)9-16-5-7-22(19,20)8-6-16/h2-10H2,1H3. The third-order valence-corrected chi connectivity index (χ3v) is 5.09. The normalized spacial score (nSPS) is 18.2. The molecule has 2 rings (SSSR count). The maximum Gasteiger partial charge on any atom is 0.320 e. The first kappa shape index (κ1) is 16.8. The third-order valence-electron chi connectivity index (χ3n) is 3.48. The van der Waals surface area contributed by atoms with Gasteiger partial charge < -0.3 is 4.74 Å². The number of hydrogen-bond donors (Lipinski definition) is 0. The van der Waals surface area contributed by atoms with Crippen molar-refractivity contribution in [3.63, 3.8) is 0 Å². The third kappa shape index (κ3) is 5.02. The van der Waals surface area contributed by atoms with E-state index in [1.165, 1.54) is 0 Å². The molecule has 124 valence electrons. The first-order valence-corrected chi connectivity index (χ1v) is 9.16. The highest BCUT2D eigenvalue weighted by Crippen LogP contribution is 2.04. The van der Waals surface area contributed by atoms with Gasteiger partial charge in [0.05, 0.1) is 18.1 Å². The number of hydrogen-bond acceptors (Lipinski definition) is 8. The lowest BCUT2D eigenvalue weighted by atomic mass is 10.3. The number of ether oxygens (including phenoxy) is 1. The Balaban J connectivity index is 1.75. The fourth-order valence-corrected chi connectivity index (χ4v) is 3.37. The minimum Gasteiger partial charge on any atom is -0.456 e. The van der Waals surface area contributed by atoms with Gasteiger partial charge >= 0.3 is 5.97 Å². The van der Waals surface area contributed by atoms with Crippen LogP contribution in [-0.2, 0) is 32.5 Å². The van der Waals surface area contributed by atoms with Crippen LogP contribution in [0.3, 0.4) is 0 Å². The van der Waals surface area contributed by atoms with E-state index in [9.17, 15) is 13.2 Å². The van der Waals surface area contributed by atoms with Crippen molar-refractivity contribution in [3.05, 3.63) is 5.82 Å². The number of nitrogens with zero attached hydrogens (tertiary/aromatic N) is 5. The molecule has 0 bridgehead atoms. The predicted molar refractivity (Wildman–Crippen MR) is 77.6 cm³/mol. The number of rotatable bonds is 7. The molecule has 1 fully saturated rings. The maximum absolute atomic E-state index is 11.8. The molecule has 22 heavy (non-hydrogen) atoms. The molecular formula is C12H21N5O4S. The summed E-state index contributed by atoms with van der Waals surface area (Å²) in [6.07, 6.45) is 1.98. The Morgan fingerprint density at radius 3 is 2.73 bits per heavy atom. The fraction of sp³-hybridized carbons (Fsp3) is 0.833. The van der Waals surface area contributed by atoms with E-state index in [-0.39, 0.29) is 24.7 Å². The summed E-state index contributed by atoms with van der Waals surface area (Å²) in [4.78, 5) is 13.6. The molecular weight excluding hydrogens is 310 g/mol. The maximum atomic E-state index is 11.8. The second-order valence-electron chi connectivity index (χ2n) is 5.26. The summed E-state index contributed by atoms with van der Waals surface area (Å²) in [6, 6.07) is 0. The summed E-state index contributed by atoms with van der Waals surface area (Å²) in [5.41, 5.74) is 0. The van der Waals surface area contributed by atoms with Crippen molar-refractivity contribution in [1.82, 2.24) is 25.1 Å². The predicted octanol–water partition coefficient (Wildman–Crippen LogP) is -0.753. The van der Waals surface area contributed by atoms with Crippen molar-refractivity contribution in [2.45, 2.75) is 32.9 Å². The molecule has 1 saturated heterocycles. The molecule has 0 N–H and O–H groups in total. The van der Waals surface area contributed by atoms with Gasteiger partial charge in [-0.2, -0.15) is 0 Å². The summed E-state index contributed by atoms with van der Waals surface area (Å²) in [5.74, 6) is 0.304. The molecule has 0 unspecified atom stereocenters. The Kier molecular flexibility index (Phi) is 5.83. The fourth-order valence-electron chi connectivity index (χ4n) is 2.09. The van der Waals surface area contributed by atoms with Gasteiger partial charge in [0, 0.05) is 19.6 Å². The number of aromatic nitrogens is 4. The lowest BCUT2D eigenvalue weighted by Crippen LogP contribution is -2.43. The van der Waals surface area contributed by atoms with Gasteiger partial charge in [0.1, 0.15) is 0 Å². The molecule has 0 saturated carbocycles. The van der Waals surface area contributed by atoms with Crippen LogP contribution in [0.25, 0.3) is 0 Å². The summed E-state index contributed by atoms with van der Waals surface area (Å²) in [7, 11) is -2.94. The number of aryl methyl sites for hydroxylation is 1. The van der Waals surface area contributed by atoms with Crippen LogP contribution >= 0.6 is 0 Å².